The second-order valence-electron chi connectivity index (χ2n) is 9.12. The maximum Gasteiger partial charge on any atom is 0.150 e. The van der Waals surface area contributed by atoms with Gasteiger partial charge in [0.25, 0.3) is 0 Å². The summed E-state index contributed by atoms with van der Waals surface area (Å²) in [6, 6.07) is 19.1. The van der Waals surface area contributed by atoms with E-state index in [0.29, 0.717) is 23.9 Å². The molecule has 3 aromatic rings. The summed E-state index contributed by atoms with van der Waals surface area (Å²) in [6.45, 7) is 6.37. The topological polar surface area (TPSA) is 29.3 Å². The van der Waals surface area contributed by atoms with E-state index in [-0.39, 0.29) is 12.4 Å². The van der Waals surface area contributed by atoms with Gasteiger partial charge in [0.15, 0.2) is 0 Å². The van der Waals surface area contributed by atoms with Crippen LogP contribution in [-0.4, -0.2) is 29.2 Å². The number of hydrogen-bond donors (Lipinski definition) is 0. The fourth-order valence-corrected chi connectivity index (χ4v) is 5.67. The van der Waals surface area contributed by atoms with Crippen LogP contribution in [0, 0.1) is 20.8 Å². The van der Waals surface area contributed by atoms with Crippen molar-refractivity contribution in [2.45, 2.75) is 64.0 Å². The summed E-state index contributed by atoms with van der Waals surface area (Å²) >= 11 is 0. The Bertz CT molecular complexity index is 1010. The number of halogens is 1. The molecule has 2 bridgehead atoms. The van der Waals surface area contributed by atoms with Gasteiger partial charge in [0.05, 0.1) is 5.69 Å². The Morgan fingerprint density at radius 2 is 1.53 bits per heavy atom. The van der Waals surface area contributed by atoms with Gasteiger partial charge in [-0.2, -0.15) is 0 Å². The number of benzene rings is 2. The fraction of sp³-hybridized carbons (Fsp3) is 0.423. The van der Waals surface area contributed by atoms with Gasteiger partial charge in [-0.1, -0.05) is 64.8 Å². The molecule has 0 amide bonds. The highest BCUT2D eigenvalue weighted by Gasteiger charge is 2.49. The molecule has 3 nitrogen and oxygen atoms in total. The molecule has 2 aliphatic rings. The standard InChI is InChI=1S/C26H30N2O.ClH/c1-16-5-9-19(10-6-16)22-15-21-13-14-23(28(21)4)25(22)26-24(18(3)27-29-26)20-11-7-17(2)8-12-20;/h5-12,21-23,25H,13-15H2,1-4H3;1H/t21?,22-,23?,25+;/m1./s1. The SMILES string of the molecule is Cc1ccc(-c2c(C)noc2[C@@H]2C3CCC(C[C@@H]2c2ccc(C)cc2)N3C)cc1.Cl. The third-order valence-corrected chi connectivity index (χ3v) is 7.31. The molecule has 2 aromatic carbocycles. The van der Waals surface area contributed by atoms with Gasteiger partial charge in [0.1, 0.15) is 5.76 Å². The number of fused-ring (bicyclic) bond motifs is 2. The van der Waals surface area contributed by atoms with E-state index in [4.69, 9.17) is 4.52 Å². The van der Waals surface area contributed by atoms with Crippen molar-refractivity contribution >= 4 is 12.4 Å². The number of aromatic nitrogens is 1. The van der Waals surface area contributed by atoms with Crippen molar-refractivity contribution in [1.29, 1.82) is 0 Å². The Balaban J connectivity index is 0.00000218. The smallest absolute Gasteiger partial charge is 0.150 e. The van der Waals surface area contributed by atoms with E-state index in [2.05, 4.69) is 86.4 Å². The molecule has 2 unspecified atom stereocenters. The van der Waals surface area contributed by atoms with Crippen molar-refractivity contribution in [3.05, 3.63) is 76.7 Å². The highest BCUT2D eigenvalue weighted by atomic mass is 35.5. The molecule has 4 heteroatoms. The first kappa shape index (κ1) is 21.1. The third-order valence-electron chi connectivity index (χ3n) is 7.31. The Morgan fingerprint density at radius 3 is 2.20 bits per heavy atom. The summed E-state index contributed by atoms with van der Waals surface area (Å²) in [7, 11) is 2.30. The molecule has 2 aliphatic heterocycles. The van der Waals surface area contributed by atoms with Crippen LogP contribution in [-0.2, 0) is 0 Å². The van der Waals surface area contributed by atoms with E-state index < -0.39 is 0 Å². The van der Waals surface area contributed by atoms with Gasteiger partial charge in [-0.15, -0.1) is 12.4 Å². The Labute approximate surface area is 185 Å². The first-order valence-corrected chi connectivity index (χ1v) is 10.8. The second kappa shape index (κ2) is 8.20. The van der Waals surface area contributed by atoms with Crippen LogP contribution in [0.5, 0.6) is 0 Å². The molecule has 0 saturated carbocycles. The number of piperidine rings is 1. The molecule has 5 rings (SSSR count). The van der Waals surface area contributed by atoms with Crippen LogP contribution in [0.15, 0.2) is 53.1 Å². The zero-order valence-electron chi connectivity index (χ0n) is 18.3. The Hall–Kier alpha value is -2.10. The summed E-state index contributed by atoms with van der Waals surface area (Å²) < 4.78 is 6.12. The predicted octanol–water partition coefficient (Wildman–Crippen LogP) is 6.42. The van der Waals surface area contributed by atoms with Crippen molar-refractivity contribution in [3.8, 4) is 11.1 Å². The van der Waals surface area contributed by atoms with Gasteiger partial charge >= 0.3 is 0 Å². The Morgan fingerprint density at radius 1 is 0.900 bits per heavy atom. The van der Waals surface area contributed by atoms with E-state index in [9.17, 15) is 0 Å². The summed E-state index contributed by atoms with van der Waals surface area (Å²) in [5.74, 6) is 1.88. The van der Waals surface area contributed by atoms with Gasteiger partial charge in [-0.25, -0.2) is 0 Å². The molecular weight excluding hydrogens is 392 g/mol. The molecule has 0 radical (unpaired) electrons. The predicted molar refractivity (Wildman–Crippen MR) is 125 cm³/mol. The van der Waals surface area contributed by atoms with Crippen LogP contribution in [0.4, 0.5) is 0 Å². The summed E-state index contributed by atoms with van der Waals surface area (Å²) in [5.41, 5.74) is 7.44. The zero-order chi connectivity index (χ0) is 20.1. The van der Waals surface area contributed by atoms with E-state index in [1.165, 1.54) is 47.1 Å². The fourth-order valence-electron chi connectivity index (χ4n) is 5.67. The molecule has 2 saturated heterocycles. The average molecular weight is 423 g/mol. The van der Waals surface area contributed by atoms with Crippen LogP contribution in [0.3, 0.4) is 0 Å². The Kier molecular flexibility index (Phi) is 5.78. The number of nitrogens with zero attached hydrogens (tertiary/aromatic N) is 2. The maximum absolute atomic E-state index is 6.12. The van der Waals surface area contributed by atoms with Crippen LogP contribution in [0.2, 0.25) is 0 Å². The van der Waals surface area contributed by atoms with E-state index in [0.717, 1.165) is 11.5 Å². The molecule has 2 fully saturated rings. The van der Waals surface area contributed by atoms with Crippen molar-refractivity contribution < 1.29 is 4.52 Å². The van der Waals surface area contributed by atoms with Crippen molar-refractivity contribution in [2.75, 3.05) is 7.05 Å². The van der Waals surface area contributed by atoms with Crippen molar-refractivity contribution in [2.24, 2.45) is 0 Å². The van der Waals surface area contributed by atoms with Crippen LogP contribution in [0.25, 0.3) is 11.1 Å². The number of hydrogen-bond acceptors (Lipinski definition) is 3. The van der Waals surface area contributed by atoms with E-state index >= 15 is 0 Å². The molecule has 0 aliphatic carbocycles. The zero-order valence-corrected chi connectivity index (χ0v) is 19.1. The van der Waals surface area contributed by atoms with Gasteiger partial charge in [-0.3, -0.25) is 4.90 Å². The van der Waals surface area contributed by atoms with Crippen LogP contribution < -0.4 is 0 Å². The first-order chi connectivity index (χ1) is 14.0. The number of aryl methyl sites for hydroxylation is 3. The molecule has 1 aromatic heterocycles. The highest BCUT2D eigenvalue weighted by Crippen LogP contribution is 2.53. The van der Waals surface area contributed by atoms with Gasteiger partial charge in [0, 0.05) is 23.6 Å². The van der Waals surface area contributed by atoms with Gasteiger partial charge in [0.2, 0.25) is 0 Å². The lowest BCUT2D eigenvalue weighted by atomic mass is 9.73. The molecule has 30 heavy (non-hydrogen) atoms. The van der Waals surface area contributed by atoms with E-state index in [1.54, 1.807) is 0 Å². The lowest BCUT2D eigenvalue weighted by molar-refractivity contribution is 0.122. The molecule has 0 spiro atoms. The normalized spacial score (nSPS) is 25.9. The van der Waals surface area contributed by atoms with Crippen LogP contribution >= 0.6 is 12.4 Å². The molecule has 3 heterocycles. The second-order valence-corrected chi connectivity index (χ2v) is 9.12. The largest absolute Gasteiger partial charge is 0.360 e. The summed E-state index contributed by atoms with van der Waals surface area (Å²) in [4.78, 5) is 2.60. The van der Waals surface area contributed by atoms with Crippen LogP contribution in [0.1, 0.15) is 59.2 Å². The van der Waals surface area contributed by atoms with Crippen molar-refractivity contribution in [3.63, 3.8) is 0 Å². The molecule has 4 atom stereocenters. The molecule has 158 valence electrons. The minimum Gasteiger partial charge on any atom is -0.360 e. The van der Waals surface area contributed by atoms with Crippen molar-refractivity contribution in [1.82, 2.24) is 10.1 Å². The maximum atomic E-state index is 6.12. The average Bonchev–Trinajstić information content (AvgIpc) is 3.19. The van der Waals surface area contributed by atoms with E-state index in [1.807, 2.05) is 0 Å². The molecular formula is C26H31ClN2O. The number of likely N-dealkylation sites (N-methyl/N-ethyl adjacent to an activating group) is 1. The van der Waals surface area contributed by atoms with Gasteiger partial charge < -0.3 is 4.52 Å². The lowest BCUT2D eigenvalue weighted by Gasteiger charge is -2.42. The van der Waals surface area contributed by atoms with Gasteiger partial charge in [-0.05, 0) is 64.1 Å². The first-order valence-electron chi connectivity index (χ1n) is 10.8. The number of rotatable bonds is 3. The monoisotopic (exact) mass is 422 g/mol. The highest BCUT2D eigenvalue weighted by molar-refractivity contribution is 5.85. The molecule has 0 N–H and O–H groups in total. The quantitative estimate of drug-likeness (QED) is 0.487. The lowest BCUT2D eigenvalue weighted by Crippen LogP contribution is -2.44. The minimum atomic E-state index is 0. The minimum absolute atomic E-state index is 0. The summed E-state index contributed by atoms with van der Waals surface area (Å²) in [6.07, 6.45) is 3.71. The third kappa shape index (κ3) is 3.48. The summed E-state index contributed by atoms with van der Waals surface area (Å²) in [5, 5.41) is 4.45.